The number of anilines is 1. The van der Waals surface area contributed by atoms with Gasteiger partial charge in [0.2, 0.25) is 11.8 Å². The second-order valence-corrected chi connectivity index (χ2v) is 6.49. The minimum Gasteiger partial charge on any atom is -0.340 e. The van der Waals surface area contributed by atoms with Crippen molar-refractivity contribution in [1.82, 2.24) is 9.80 Å². The summed E-state index contributed by atoms with van der Waals surface area (Å²) in [7, 11) is 0. The Balaban J connectivity index is 1.52. The predicted octanol–water partition coefficient (Wildman–Crippen LogP) is 1.44. The average Bonchev–Trinajstić information content (AvgIpc) is 3.46. The molecular formula is C18H22N4O2. The summed E-state index contributed by atoms with van der Waals surface area (Å²) in [4.78, 5) is 28.5. The van der Waals surface area contributed by atoms with Crippen LogP contribution in [0.5, 0.6) is 0 Å². The lowest BCUT2D eigenvalue weighted by Gasteiger charge is -2.37. The molecule has 0 spiro atoms. The first-order chi connectivity index (χ1) is 11.6. The number of benzene rings is 1. The van der Waals surface area contributed by atoms with Gasteiger partial charge in [-0.05, 0) is 38.0 Å². The zero-order valence-electron chi connectivity index (χ0n) is 13.9. The number of rotatable bonds is 4. The standard InChI is InChI=1S/C18H22N4O2/c1-13(17(23)20-16-4-2-3-14(11-16)12-19)21-7-9-22(10-8-21)18(24)15-5-6-15/h2-4,11,13,15H,5-10H2,1H3,(H,20,23)/t13-/m0/s1. The minimum atomic E-state index is -0.270. The van der Waals surface area contributed by atoms with Gasteiger partial charge in [0.25, 0.3) is 0 Å². The van der Waals surface area contributed by atoms with Gasteiger partial charge in [-0.2, -0.15) is 5.26 Å². The normalized spacial score (nSPS) is 19.4. The van der Waals surface area contributed by atoms with E-state index >= 15 is 0 Å². The van der Waals surface area contributed by atoms with E-state index in [1.54, 1.807) is 24.3 Å². The zero-order chi connectivity index (χ0) is 17.1. The molecule has 0 aromatic heterocycles. The Labute approximate surface area is 142 Å². The van der Waals surface area contributed by atoms with Crippen molar-refractivity contribution in [2.45, 2.75) is 25.8 Å². The minimum absolute atomic E-state index is 0.0907. The van der Waals surface area contributed by atoms with Gasteiger partial charge >= 0.3 is 0 Å². The van der Waals surface area contributed by atoms with Gasteiger partial charge in [0.15, 0.2) is 0 Å². The fourth-order valence-electron chi connectivity index (χ4n) is 3.00. The first kappa shape index (κ1) is 16.5. The number of nitrogens with one attached hydrogen (secondary N) is 1. The molecule has 6 nitrogen and oxygen atoms in total. The van der Waals surface area contributed by atoms with Crippen LogP contribution in [0.2, 0.25) is 0 Å². The lowest BCUT2D eigenvalue weighted by Crippen LogP contribution is -2.54. The van der Waals surface area contributed by atoms with Crippen molar-refractivity contribution in [3.63, 3.8) is 0 Å². The van der Waals surface area contributed by atoms with Crippen LogP contribution in [0, 0.1) is 17.2 Å². The van der Waals surface area contributed by atoms with Gasteiger partial charge in [0.05, 0.1) is 17.7 Å². The number of amides is 2. The van der Waals surface area contributed by atoms with Gasteiger partial charge in [-0.1, -0.05) is 6.07 Å². The van der Waals surface area contributed by atoms with E-state index in [9.17, 15) is 9.59 Å². The Bertz CT molecular complexity index is 670. The highest BCUT2D eigenvalue weighted by molar-refractivity contribution is 5.94. The van der Waals surface area contributed by atoms with Crippen LogP contribution in [0.1, 0.15) is 25.3 Å². The molecule has 2 fully saturated rings. The number of piperazine rings is 1. The summed E-state index contributed by atoms with van der Waals surface area (Å²) < 4.78 is 0. The second-order valence-electron chi connectivity index (χ2n) is 6.49. The third-order valence-corrected chi connectivity index (χ3v) is 4.74. The molecule has 1 saturated heterocycles. The molecule has 0 radical (unpaired) electrons. The third kappa shape index (κ3) is 3.74. The van der Waals surface area contributed by atoms with Crippen molar-refractivity contribution >= 4 is 17.5 Å². The first-order valence-corrected chi connectivity index (χ1v) is 8.42. The van der Waals surface area contributed by atoms with Crippen LogP contribution >= 0.6 is 0 Å². The van der Waals surface area contributed by atoms with Crippen LogP contribution in [0.4, 0.5) is 5.69 Å². The summed E-state index contributed by atoms with van der Waals surface area (Å²) in [5.41, 5.74) is 1.15. The molecule has 126 valence electrons. The maximum Gasteiger partial charge on any atom is 0.241 e. The molecular weight excluding hydrogens is 304 g/mol. The topological polar surface area (TPSA) is 76.4 Å². The van der Waals surface area contributed by atoms with E-state index in [4.69, 9.17) is 5.26 Å². The summed E-state index contributed by atoms with van der Waals surface area (Å²) in [5, 5.41) is 11.8. The van der Waals surface area contributed by atoms with Crippen molar-refractivity contribution < 1.29 is 9.59 Å². The maximum atomic E-state index is 12.4. The quantitative estimate of drug-likeness (QED) is 0.908. The molecule has 1 saturated carbocycles. The molecule has 1 aliphatic heterocycles. The maximum absolute atomic E-state index is 12.4. The molecule has 1 aliphatic carbocycles. The molecule has 1 N–H and O–H groups in total. The summed E-state index contributed by atoms with van der Waals surface area (Å²) in [6.45, 7) is 4.69. The van der Waals surface area contributed by atoms with Crippen molar-refractivity contribution in [3.05, 3.63) is 29.8 Å². The van der Waals surface area contributed by atoms with Crippen LogP contribution in [-0.2, 0) is 9.59 Å². The molecule has 1 aromatic carbocycles. The summed E-state index contributed by atoms with van der Waals surface area (Å²) in [6.07, 6.45) is 2.05. The van der Waals surface area contributed by atoms with Crippen LogP contribution in [0.3, 0.4) is 0 Å². The van der Waals surface area contributed by atoms with Gasteiger partial charge in [-0.25, -0.2) is 0 Å². The second kappa shape index (κ2) is 7.02. The predicted molar refractivity (Wildman–Crippen MR) is 90.1 cm³/mol. The largest absolute Gasteiger partial charge is 0.340 e. The molecule has 1 atom stereocenters. The lowest BCUT2D eigenvalue weighted by atomic mass is 10.2. The monoisotopic (exact) mass is 326 g/mol. The number of carbonyl (C=O) groups is 2. The lowest BCUT2D eigenvalue weighted by molar-refractivity contribution is -0.135. The number of carbonyl (C=O) groups excluding carboxylic acids is 2. The third-order valence-electron chi connectivity index (χ3n) is 4.74. The molecule has 1 heterocycles. The average molecular weight is 326 g/mol. The van der Waals surface area contributed by atoms with Gasteiger partial charge in [0, 0.05) is 37.8 Å². The van der Waals surface area contributed by atoms with Crippen molar-refractivity contribution in [3.8, 4) is 6.07 Å². The number of hydrogen-bond acceptors (Lipinski definition) is 4. The fourth-order valence-corrected chi connectivity index (χ4v) is 3.00. The highest BCUT2D eigenvalue weighted by Gasteiger charge is 2.35. The van der Waals surface area contributed by atoms with Crippen LogP contribution in [0.25, 0.3) is 0 Å². The fraction of sp³-hybridized carbons (Fsp3) is 0.500. The smallest absolute Gasteiger partial charge is 0.241 e. The van der Waals surface area contributed by atoms with E-state index in [0.717, 1.165) is 12.8 Å². The van der Waals surface area contributed by atoms with Crippen molar-refractivity contribution in [2.75, 3.05) is 31.5 Å². The van der Waals surface area contributed by atoms with E-state index in [0.29, 0.717) is 37.4 Å². The van der Waals surface area contributed by atoms with E-state index in [1.165, 1.54) is 0 Å². The van der Waals surface area contributed by atoms with Gasteiger partial charge in [0.1, 0.15) is 0 Å². The van der Waals surface area contributed by atoms with Gasteiger partial charge < -0.3 is 10.2 Å². The van der Waals surface area contributed by atoms with Gasteiger partial charge in [-0.15, -0.1) is 0 Å². The summed E-state index contributed by atoms with van der Waals surface area (Å²) in [6, 6.07) is 8.69. The molecule has 2 amide bonds. The van der Waals surface area contributed by atoms with Crippen LogP contribution in [-0.4, -0.2) is 53.8 Å². The van der Waals surface area contributed by atoms with E-state index in [-0.39, 0.29) is 23.8 Å². The summed E-state index contributed by atoms with van der Waals surface area (Å²) in [5.74, 6) is 0.441. The summed E-state index contributed by atoms with van der Waals surface area (Å²) >= 11 is 0. The number of nitrogens with zero attached hydrogens (tertiary/aromatic N) is 3. The van der Waals surface area contributed by atoms with E-state index < -0.39 is 0 Å². The van der Waals surface area contributed by atoms with Crippen LogP contribution in [0.15, 0.2) is 24.3 Å². The molecule has 2 aliphatic rings. The first-order valence-electron chi connectivity index (χ1n) is 8.42. The SMILES string of the molecule is C[C@@H](C(=O)Nc1cccc(C#N)c1)N1CCN(C(=O)C2CC2)CC1. The highest BCUT2D eigenvalue weighted by Crippen LogP contribution is 2.31. The highest BCUT2D eigenvalue weighted by atomic mass is 16.2. The van der Waals surface area contributed by atoms with Gasteiger partial charge in [-0.3, -0.25) is 14.5 Å². The number of hydrogen-bond donors (Lipinski definition) is 1. The molecule has 0 bridgehead atoms. The van der Waals surface area contributed by atoms with E-state index in [2.05, 4.69) is 16.3 Å². The Kier molecular flexibility index (Phi) is 4.81. The Morgan fingerprint density at radius 2 is 1.96 bits per heavy atom. The molecule has 6 heteroatoms. The molecule has 1 aromatic rings. The molecule has 0 unspecified atom stereocenters. The van der Waals surface area contributed by atoms with Crippen molar-refractivity contribution in [1.29, 1.82) is 5.26 Å². The molecule has 24 heavy (non-hydrogen) atoms. The Morgan fingerprint density at radius 3 is 2.58 bits per heavy atom. The van der Waals surface area contributed by atoms with E-state index in [1.807, 2.05) is 11.8 Å². The Hall–Kier alpha value is -2.39. The van der Waals surface area contributed by atoms with Crippen LogP contribution < -0.4 is 5.32 Å². The molecule has 3 rings (SSSR count). The van der Waals surface area contributed by atoms with Crippen molar-refractivity contribution in [2.24, 2.45) is 5.92 Å². The Morgan fingerprint density at radius 1 is 1.25 bits per heavy atom. The number of nitriles is 1. The zero-order valence-corrected chi connectivity index (χ0v) is 13.9.